The molecule has 0 saturated carbocycles. The normalized spacial score (nSPS) is 14.2. The van der Waals surface area contributed by atoms with Gasteiger partial charge in [0.25, 0.3) is 20.2 Å². The van der Waals surface area contributed by atoms with Gasteiger partial charge in [0.05, 0.1) is 4.90 Å². The van der Waals surface area contributed by atoms with Gasteiger partial charge in [0.15, 0.2) is 0 Å². The monoisotopic (exact) mass is 351 g/mol. The van der Waals surface area contributed by atoms with Crippen LogP contribution in [0.25, 0.3) is 10.8 Å². The first kappa shape index (κ1) is 16.0. The third kappa shape index (κ3) is 3.28. The van der Waals surface area contributed by atoms with Crippen molar-refractivity contribution in [2.24, 2.45) is 0 Å². The summed E-state index contributed by atoms with van der Waals surface area (Å²) >= 11 is -2.61. The van der Waals surface area contributed by atoms with E-state index in [1.54, 1.807) is 0 Å². The van der Waals surface area contributed by atoms with Crippen LogP contribution in [0.15, 0.2) is 45.0 Å². The second-order valence-electron chi connectivity index (χ2n) is 3.99. The summed E-state index contributed by atoms with van der Waals surface area (Å²) in [7, 11) is -9.51. The molecular formula is C10H7O8S3-. The Kier molecular flexibility index (Phi) is 3.90. The number of rotatable bonds is 3. The van der Waals surface area contributed by atoms with Crippen LogP contribution in [0, 0.1) is 0 Å². The summed E-state index contributed by atoms with van der Waals surface area (Å²) in [6.07, 6.45) is 0. The van der Waals surface area contributed by atoms with Crippen molar-refractivity contribution >= 4 is 42.1 Å². The summed E-state index contributed by atoms with van der Waals surface area (Å²) < 4.78 is 84.7. The lowest BCUT2D eigenvalue weighted by Gasteiger charge is -2.10. The maximum absolute atomic E-state index is 11.3. The molecule has 0 fully saturated rings. The molecule has 2 rings (SSSR count). The van der Waals surface area contributed by atoms with Gasteiger partial charge in [-0.2, -0.15) is 16.8 Å². The first-order chi connectivity index (χ1) is 9.50. The Morgan fingerprint density at radius 2 is 1.57 bits per heavy atom. The van der Waals surface area contributed by atoms with Gasteiger partial charge in [-0.1, -0.05) is 6.07 Å². The summed E-state index contributed by atoms with van der Waals surface area (Å²) in [6.45, 7) is 0. The molecule has 2 aromatic carbocycles. The predicted molar refractivity (Wildman–Crippen MR) is 70.8 cm³/mol. The molecule has 0 aliphatic carbocycles. The zero-order chi connectivity index (χ0) is 16.0. The summed E-state index contributed by atoms with van der Waals surface area (Å²) in [4.78, 5) is -1.75. The van der Waals surface area contributed by atoms with Crippen molar-refractivity contribution in [3.63, 3.8) is 0 Å². The van der Waals surface area contributed by atoms with E-state index in [-0.39, 0.29) is 15.7 Å². The molecule has 0 aromatic heterocycles. The van der Waals surface area contributed by atoms with Crippen molar-refractivity contribution in [3.8, 4) is 0 Å². The zero-order valence-corrected chi connectivity index (χ0v) is 12.4. The minimum Gasteiger partial charge on any atom is -0.768 e. The second kappa shape index (κ2) is 5.12. The van der Waals surface area contributed by atoms with Gasteiger partial charge in [-0.3, -0.25) is 13.3 Å². The standard InChI is InChI=1S/C10H8O8S3/c11-19(12)7-1-2-9-6(3-7)4-8(20(13,14)15)5-10(9)21(16,17)18/h1-5H,(H,11,12)(H,13,14,15)(H,16,17,18)/p-1. The average Bonchev–Trinajstić information content (AvgIpc) is 2.34. The molecule has 11 heteroatoms. The molecule has 0 spiro atoms. The molecule has 0 bridgehead atoms. The van der Waals surface area contributed by atoms with Gasteiger partial charge >= 0.3 is 0 Å². The van der Waals surface area contributed by atoms with E-state index in [1.807, 2.05) is 0 Å². The van der Waals surface area contributed by atoms with Crippen molar-refractivity contribution in [3.05, 3.63) is 30.3 Å². The van der Waals surface area contributed by atoms with Crippen molar-refractivity contribution in [1.29, 1.82) is 0 Å². The first-order valence-corrected chi connectivity index (χ1v) is 9.08. The molecule has 2 N–H and O–H groups in total. The van der Waals surface area contributed by atoms with Gasteiger partial charge in [-0.05, 0) is 40.7 Å². The van der Waals surface area contributed by atoms with E-state index in [0.29, 0.717) is 6.07 Å². The van der Waals surface area contributed by atoms with Crippen LogP contribution in [-0.2, 0) is 31.3 Å². The molecule has 1 unspecified atom stereocenters. The van der Waals surface area contributed by atoms with E-state index in [4.69, 9.17) is 9.11 Å². The largest absolute Gasteiger partial charge is 0.768 e. The molecule has 2 aromatic rings. The van der Waals surface area contributed by atoms with Crippen LogP contribution in [0.2, 0.25) is 0 Å². The SMILES string of the molecule is O=S([O-])c1ccc2c(S(=O)(=O)O)cc(S(=O)(=O)O)cc2c1. The fourth-order valence-electron chi connectivity index (χ4n) is 1.75. The molecule has 114 valence electrons. The quantitative estimate of drug-likeness (QED) is 0.602. The Morgan fingerprint density at radius 3 is 2.05 bits per heavy atom. The maximum Gasteiger partial charge on any atom is 0.295 e. The number of fused-ring (bicyclic) bond motifs is 1. The Morgan fingerprint density at radius 1 is 0.952 bits per heavy atom. The van der Waals surface area contributed by atoms with Crippen LogP contribution in [0.3, 0.4) is 0 Å². The lowest BCUT2D eigenvalue weighted by atomic mass is 10.1. The number of hydrogen-bond acceptors (Lipinski definition) is 6. The van der Waals surface area contributed by atoms with E-state index in [9.17, 15) is 25.6 Å². The molecule has 8 nitrogen and oxygen atoms in total. The van der Waals surface area contributed by atoms with Gasteiger partial charge in [0.1, 0.15) is 4.90 Å². The lowest BCUT2D eigenvalue weighted by molar-refractivity contribution is 0.482. The molecule has 0 heterocycles. The highest BCUT2D eigenvalue weighted by atomic mass is 32.2. The van der Waals surface area contributed by atoms with Crippen LogP contribution in [-0.4, -0.2) is 34.7 Å². The lowest BCUT2D eigenvalue weighted by Crippen LogP contribution is -2.04. The maximum atomic E-state index is 11.3. The highest BCUT2D eigenvalue weighted by molar-refractivity contribution is 7.86. The minimum absolute atomic E-state index is 0.0838. The van der Waals surface area contributed by atoms with Crippen LogP contribution in [0.1, 0.15) is 0 Å². The molecule has 21 heavy (non-hydrogen) atoms. The molecule has 1 atom stereocenters. The van der Waals surface area contributed by atoms with E-state index >= 15 is 0 Å². The number of hydrogen-bond donors (Lipinski definition) is 2. The van der Waals surface area contributed by atoms with E-state index < -0.39 is 41.1 Å². The van der Waals surface area contributed by atoms with Gasteiger partial charge in [0, 0.05) is 10.3 Å². The molecule has 0 radical (unpaired) electrons. The van der Waals surface area contributed by atoms with Gasteiger partial charge < -0.3 is 4.55 Å². The van der Waals surface area contributed by atoms with Gasteiger partial charge in [-0.15, -0.1) is 0 Å². The van der Waals surface area contributed by atoms with Crippen molar-refractivity contribution in [2.45, 2.75) is 14.7 Å². The van der Waals surface area contributed by atoms with Crippen LogP contribution in [0.5, 0.6) is 0 Å². The Labute approximate surface area is 122 Å². The predicted octanol–water partition coefficient (Wildman–Crippen LogP) is 0.571. The summed E-state index contributed by atoms with van der Waals surface area (Å²) in [5, 5.41) is -0.168. The first-order valence-electron chi connectivity index (χ1n) is 5.12. The smallest absolute Gasteiger partial charge is 0.295 e. The van der Waals surface area contributed by atoms with Gasteiger partial charge in [0.2, 0.25) is 0 Å². The van der Waals surface area contributed by atoms with Crippen molar-refractivity contribution in [1.82, 2.24) is 0 Å². The summed E-state index contributed by atoms with van der Waals surface area (Å²) in [5.74, 6) is 0. The van der Waals surface area contributed by atoms with Crippen molar-refractivity contribution in [2.75, 3.05) is 0 Å². The highest BCUT2D eigenvalue weighted by Gasteiger charge is 2.20. The third-order valence-corrected chi connectivity index (χ3v) is 4.99. The van der Waals surface area contributed by atoms with Crippen LogP contribution >= 0.6 is 0 Å². The van der Waals surface area contributed by atoms with E-state index in [2.05, 4.69) is 0 Å². The zero-order valence-electron chi connectivity index (χ0n) is 9.96. The van der Waals surface area contributed by atoms with Crippen LogP contribution < -0.4 is 0 Å². The Balaban J connectivity index is 2.98. The molecule has 0 aliphatic heterocycles. The molecule has 0 aliphatic rings. The van der Waals surface area contributed by atoms with Gasteiger partial charge in [-0.25, -0.2) is 0 Å². The molecular weight excluding hydrogens is 344 g/mol. The Hall–Kier alpha value is -1.37. The molecule has 0 amide bonds. The van der Waals surface area contributed by atoms with Crippen molar-refractivity contribution < 1.29 is 34.7 Å². The topological polar surface area (TPSA) is 149 Å². The highest BCUT2D eigenvalue weighted by Crippen LogP contribution is 2.28. The summed E-state index contributed by atoms with van der Waals surface area (Å²) in [5.41, 5.74) is 0. The van der Waals surface area contributed by atoms with E-state index in [0.717, 1.165) is 24.3 Å². The van der Waals surface area contributed by atoms with E-state index in [1.165, 1.54) is 0 Å². The Bertz CT molecular complexity index is 959. The summed E-state index contributed by atoms with van der Waals surface area (Å²) in [6, 6.07) is 4.70. The number of benzene rings is 2. The second-order valence-corrected chi connectivity index (χ2v) is 7.74. The molecule has 0 saturated heterocycles. The third-order valence-electron chi connectivity index (χ3n) is 2.63. The fraction of sp³-hybridized carbons (Fsp3) is 0. The average molecular weight is 351 g/mol. The minimum atomic E-state index is -4.77. The fourth-order valence-corrected chi connectivity index (χ4v) is 3.51. The van der Waals surface area contributed by atoms with Crippen LogP contribution in [0.4, 0.5) is 0 Å².